The summed E-state index contributed by atoms with van der Waals surface area (Å²) in [5.74, 6) is -1.99. The Hall–Kier alpha value is -1.89. The molecule has 1 aromatic carbocycles. The molecule has 7 heteroatoms. The van der Waals surface area contributed by atoms with Gasteiger partial charge in [-0.1, -0.05) is 51.9 Å². The number of nitrogens with one attached hydrogen (secondary N) is 3. The van der Waals surface area contributed by atoms with E-state index in [1.165, 1.54) is 25.0 Å². The van der Waals surface area contributed by atoms with Crippen LogP contribution < -0.4 is 16.0 Å². The topological polar surface area (TPSA) is 62.4 Å². The molecule has 2 fully saturated rings. The fraction of sp³-hybridized carbons (Fsp3) is 0.731. The number of unbranched alkanes of at least 4 members (excludes halogenated alkanes) is 1. The first-order valence-corrected chi connectivity index (χ1v) is 13.0. The minimum Gasteiger partial charge on any atom is -0.377 e. The Bertz CT molecular complexity index is 776. The Morgan fingerprint density at radius 2 is 1.61 bits per heavy atom. The third kappa shape index (κ3) is 5.61. The van der Waals surface area contributed by atoms with Crippen LogP contribution in [0.4, 0.5) is 20.2 Å². The van der Waals surface area contributed by atoms with Gasteiger partial charge in [0.15, 0.2) is 11.6 Å². The molecule has 0 saturated heterocycles. The highest BCUT2D eigenvalue weighted by Gasteiger charge is 2.51. The van der Waals surface area contributed by atoms with Crippen molar-refractivity contribution in [2.24, 2.45) is 11.8 Å². The first-order valence-electron chi connectivity index (χ1n) is 13.0. The minimum atomic E-state index is -0.933. The molecular formula is C26H39F2N3O2. The van der Waals surface area contributed by atoms with E-state index in [4.69, 9.17) is 4.74 Å². The van der Waals surface area contributed by atoms with Crippen molar-refractivity contribution in [2.45, 2.75) is 95.7 Å². The lowest BCUT2D eigenvalue weighted by Gasteiger charge is -2.43. The molecule has 2 aliphatic carbocycles. The van der Waals surface area contributed by atoms with Crippen LogP contribution in [-0.4, -0.2) is 30.8 Å². The van der Waals surface area contributed by atoms with Crippen molar-refractivity contribution < 1.29 is 18.3 Å². The molecule has 33 heavy (non-hydrogen) atoms. The number of anilines is 2. The van der Waals surface area contributed by atoms with E-state index in [0.717, 1.165) is 64.2 Å². The summed E-state index contributed by atoms with van der Waals surface area (Å²) >= 11 is 0. The Morgan fingerprint density at radius 1 is 1.03 bits per heavy atom. The zero-order valence-corrected chi connectivity index (χ0v) is 19.9. The predicted molar refractivity (Wildman–Crippen MR) is 127 cm³/mol. The number of carbonyl (C=O) groups is 1. The van der Waals surface area contributed by atoms with E-state index >= 15 is 0 Å². The number of hydrogen-bond acceptors (Lipinski definition) is 4. The summed E-state index contributed by atoms with van der Waals surface area (Å²) in [4.78, 5) is 13.9. The average molecular weight is 464 g/mol. The lowest BCUT2D eigenvalue weighted by atomic mass is 9.73. The van der Waals surface area contributed by atoms with Gasteiger partial charge >= 0.3 is 0 Å². The van der Waals surface area contributed by atoms with Gasteiger partial charge in [0, 0.05) is 24.8 Å². The lowest BCUT2D eigenvalue weighted by Crippen LogP contribution is -2.61. The first-order chi connectivity index (χ1) is 16.0. The van der Waals surface area contributed by atoms with Crippen molar-refractivity contribution >= 4 is 17.3 Å². The van der Waals surface area contributed by atoms with E-state index in [9.17, 15) is 13.6 Å². The van der Waals surface area contributed by atoms with E-state index in [1.807, 2.05) is 0 Å². The van der Waals surface area contributed by atoms with Crippen LogP contribution >= 0.6 is 0 Å². The number of hydrogen-bond donors (Lipinski definition) is 3. The molecule has 3 N–H and O–H groups in total. The molecule has 0 radical (unpaired) electrons. The molecule has 1 unspecified atom stereocenters. The van der Waals surface area contributed by atoms with Crippen LogP contribution in [0.3, 0.4) is 0 Å². The maximum atomic E-state index is 14.0. The number of ether oxygens (including phenoxy) is 1. The van der Waals surface area contributed by atoms with Crippen molar-refractivity contribution in [3.8, 4) is 0 Å². The van der Waals surface area contributed by atoms with Crippen LogP contribution in [0.2, 0.25) is 0 Å². The second-order valence-corrected chi connectivity index (χ2v) is 10.2. The fourth-order valence-corrected chi connectivity index (χ4v) is 5.91. The van der Waals surface area contributed by atoms with E-state index in [-0.39, 0.29) is 24.5 Å². The van der Waals surface area contributed by atoms with Crippen molar-refractivity contribution in [1.82, 2.24) is 5.32 Å². The molecule has 0 spiro atoms. The molecule has 0 aromatic heterocycles. The van der Waals surface area contributed by atoms with Crippen molar-refractivity contribution in [2.75, 3.05) is 23.8 Å². The molecule has 1 aromatic rings. The Balaban J connectivity index is 1.64. The fourth-order valence-electron chi connectivity index (χ4n) is 5.91. The van der Waals surface area contributed by atoms with Crippen LogP contribution in [0.25, 0.3) is 0 Å². The van der Waals surface area contributed by atoms with Gasteiger partial charge in [-0.05, 0) is 38.0 Å². The van der Waals surface area contributed by atoms with Crippen LogP contribution in [0.5, 0.6) is 0 Å². The Kier molecular flexibility index (Phi) is 8.10. The SMILES string of the molecule is CCCCOCC1(C(C(=O)NC2CCCCC2)C2CCCCC2)Nc2cc(F)c(F)cc2N1. The van der Waals surface area contributed by atoms with Crippen LogP contribution in [0.15, 0.2) is 12.1 Å². The summed E-state index contributed by atoms with van der Waals surface area (Å²) < 4.78 is 34.2. The van der Waals surface area contributed by atoms with E-state index < -0.39 is 23.2 Å². The van der Waals surface area contributed by atoms with Crippen LogP contribution in [0, 0.1) is 23.5 Å². The second kappa shape index (κ2) is 11.0. The van der Waals surface area contributed by atoms with E-state index in [2.05, 4.69) is 22.9 Å². The summed E-state index contributed by atoms with van der Waals surface area (Å²) in [6.45, 7) is 2.95. The molecule has 1 heterocycles. The van der Waals surface area contributed by atoms with Crippen molar-refractivity contribution in [1.29, 1.82) is 0 Å². The van der Waals surface area contributed by atoms with Gasteiger partial charge in [0.1, 0.15) is 5.66 Å². The van der Waals surface area contributed by atoms with Gasteiger partial charge < -0.3 is 20.7 Å². The number of fused-ring (bicyclic) bond motifs is 1. The largest absolute Gasteiger partial charge is 0.377 e. The number of halogens is 2. The summed E-state index contributed by atoms with van der Waals surface area (Å²) in [5.41, 5.74) is 0.0374. The molecule has 1 amide bonds. The van der Waals surface area contributed by atoms with Gasteiger partial charge in [-0.2, -0.15) is 0 Å². The first kappa shape index (κ1) is 24.2. The number of amides is 1. The molecule has 5 nitrogen and oxygen atoms in total. The zero-order chi connectivity index (χ0) is 23.3. The van der Waals surface area contributed by atoms with Gasteiger partial charge in [0.05, 0.1) is 23.9 Å². The maximum Gasteiger partial charge on any atom is 0.227 e. The Morgan fingerprint density at radius 3 is 2.18 bits per heavy atom. The number of carbonyl (C=O) groups excluding carboxylic acids is 1. The Labute approximate surface area is 196 Å². The summed E-state index contributed by atoms with van der Waals surface area (Å²) in [6.07, 6.45) is 12.8. The molecule has 0 bridgehead atoms. The van der Waals surface area contributed by atoms with Crippen LogP contribution in [-0.2, 0) is 9.53 Å². The average Bonchev–Trinajstić information content (AvgIpc) is 3.16. The smallest absolute Gasteiger partial charge is 0.227 e. The van der Waals surface area contributed by atoms with Gasteiger partial charge in [-0.25, -0.2) is 8.78 Å². The maximum absolute atomic E-state index is 14.0. The molecule has 4 rings (SSSR count). The summed E-state index contributed by atoms with van der Waals surface area (Å²) in [5, 5.41) is 10.2. The molecule has 3 aliphatic rings. The molecular weight excluding hydrogens is 424 g/mol. The van der Waals surface area contributed by atoms with Gasteiger partial charge in [0.2, 0.25) is 5.91 Å². The number of benzene rings is 1. The second-order valence-electron chi connectivity index (χ2n) is 10.2. The van der Waals surface area contributed by atoms with Gasteiger partial charge in [0.25, 0.3) is 0 Å². The standard InChI is InChI=1S/C26H39F2N3O2/c1-2-3-14-33-17-26(30-22-15-20(27)21(28)16-23(22)31-26)24(18-10-6-4-7-11-18)25(32)29-19-12-8-5-9-13-19/h15-16,18-19,24,30-31H,2-14,17H2,1H3,(H,29,32). The molecule has 1 atom stereocenters. The highest BCUT2D eigenvalue weighted by Crippen LogP contribution is 2.44. The van der Waals surface area contributed by atoms with Crippen molar-refractivity contribution in [3.05, 3.63) is 23.8 Å². The highest BCUT2D eigenvalue weighted by molar-refractivity contribution is 5.86. The molecule has 1 aliphatic heterocycles. The van der Waals surface area contributed by atoms with Crippen molar-refractivity contribution in [3.63, 3.8) is 0 Å². The highest BCUT2D eigenvalue weighted by atomic mass is 19.2. The van der Waals surface area contributed by atoms with E-state index in [0.29, 0.717) is 18.0 Å². The normalized spacial score (nSPS) is 21.7. The zero-order valence-electron chi connectivity index (χ0n) is 19.9. The lowest BCUT2D eigenvalue weighted by molar-refractivity contribution is -0.131. The molecule has 2 saturated carbocycles. The summed E-state index contributed by atoms with van der Waals surface area (Å²) in [7, 11) is 0. The third-order valence-corrected chi connectivity index (χ3v) is 7.63. The van der Waals surface area contributed by atoms with Gasteiger partial charge in [-0.15, -0.1) is 0 Å². The third-order valence-electron chi connectivity index (χ3n) is 7.63. The number of rotatable bonds is 9. The minimum absolute atomic E-state index is 0.0293. The quantitative estimate of drug-likeness (QED) is 0.396. The van der Waals surface area contributed by atoms with E-state index in [1.54, 1.807) is 0 Å². The van der Waals surface area contributed by atoms with Gasteiger partial charge in [-0.3, -0.25) is 4.79 Å². The monoisotopic (exact) mass is 463 g/mol. The summed E-state index contributed by atoms with van der Waals surface area (Å²) in [6, 6.07) is 2.57. The predicted octanol–water partition coefficient (Wildman–Crippen LogP) is 5.96. The van der Waals surface area contributed by atoms with Crippen LogP contribution in [0.1, 0.15) is 84.0 Å². The molecule has 184 valence electrons.